The lowest BCUT2D eigenvalue weighted by Crippen LogP contribution is -2.62. The van der Waals surface area contributed by atoms with Gasteiger partial charge in [-0.1, -0.05) is 119 Å². The van der Waals surface area contributed by atoms with Crippen molar-refractivity contribution >= 4 is 79.2 Å². The van der Waals surface area contributed by atoms with E-state index in [1.807, 2.05) is 0 Å². The average Bonchev–Trinajstić information content (AvgIpc) is 3.69. The highest BCUT2D eigenvalue weighted by atomic mass is 16.3. The van der Waals surface area contributed by atoms with Crippen molar-refractivity contribution in [3.63, 3.8) is 0 Å². The van der Waals surface area contributed by atoms with Crippen molar-refractivity contribution in [2.75, 3.05) is 9.80 Å². The Labute approximate surface area is 382 Å². The summed E-state index contributed by atoms with van der Waals surface area (Å²) in [5, 5.41) is 2.32. The molecule has 12 rings (SSSR count). The summed E-state index contributed by atoms with van der Waals surface area (Å²) < 4.78 is 6.45. The fourth-order valence-electron chi connectivity index (χ4n) is 13.8. The highest BCUT2D eigenvalue weighted by Gasteiger charge is 2.50. The second-order valence-corrected chi connectivity index (χ2v) is 24.7. The van der Waals surface area contributed by atoms with Gasteiger partial charge in [-0.3, -0.25) is 0 Å². The largest absolute Gasteiger partial charge is 0.456 e. The van der Waals surface area contributed by atoms with Crippen LogP contribution in [0.15, 0.2) is 101 Å². The molecule has 0 radical (unpaired) electrons. The Balaban J connectivity index is 1.21. The molecule has 64 heavy (non-hydrogen) atoms. The summed E-state index contributed by atoms with van der Waals surface area (Å²) in [6.07, 6.45) is 5.88. The van der Waals surface area contributed by atoms with Crippen molar-refractivity contribution in [3.05, 3.63) is 136 Å². The number of rotatable bonds is 2. The van der Waals surface area contributed by atoms with E-state index in [0.29, 0.717) is 0 Å². The van der Waals surface area contributed by atoms with Crippen molar-refractivity contribution in [2.45, 2.75) is 155 Å². The molecule has 1 aromatic heterocycles. The molecule has 0 N–H and O–H groups in total. The Kier molecular flexibility index (Phi) is 7.91. The number of hydrogen-bond acceptors (Lipinski definition) is 3. The highest BCUT2D eigenvalue weighted by molar-refractivity contribution is 7.00. The van der Waals surface area contributed by atoms with E-state index in [1.54, 1.807) is 0 Å². The molecule has 3 nitrogen and oxygen atoms in total. The minimum atomic E-state index is 0.0486. The summed E-state index contributed by atoms with van der Waals surface area (Å²) >= 11 is 0. The van der Waals surface area contributed by atoms with Crippen LogP contribution in [-0.2, 0) is 32.5 Å². The minimum absolute atomic E-state index is 0.0486. The second kappa shape index (κ2) is 12.6. The van der Waals surface area contributed by atoms with Crippen LogP contribution < -0.4 is 26.2 Å². The molecule has 0 atom stereocenters. The molecule has 4 heteroatoms. The van der Waals surface area contributed by atoms with Gasteiger partial charge in [0.25, 0.3) is 6.71 Å². The first-order valence-electron chi connectivity index (χ1n) is 24.3. The van der Waals surface area contributed by atoms with Crippen LogP contribution in [0.2, 0.25) is 0 Å². The first kappa shape index (κ1) is 40.3. The van der Waals surface area contributed by atoms with Gasteiger partial charge in [-0.25, -0.2) is 0 Å². The maximum Gasteiger partial charge on any atom is 0.252 e. The van der Waals surface area contributed by atoms with Crippen LogP contribution in [-0.4, -0.2) is 6.71 Å². The first-order valence-corrected chi connectivity index (χ1v) is 24.3. The SMILES string of the molecule is Cc1cc2c3c(c1)N(c1ccc4oc5ccccc5c4c1)c1cc4c(cc1B3c1cc3c(cc1N2c1ccc2c(c1)C(C)(C)CCC2(C)C)C(C)(C)CCC3(C)C)C(C)(C)CC4(C)C. The zero-order chi connectivity index (χ0) is 44.8. The monoisotopic (exact) mass is 841 g/mol. The number of nitrogens with zero attached hydrogens (tertiary/aromatic N) is 2. The van der Waals surface area contributed by atoms with Crippen LogP contribution in [0.1, 0.15) is 154 Å². The molecule has 0 unspecified atom stereocenters. The molecule has 7 aromatic rings. The quantitative estimate of drug-likeness (QED) is 0.162. The van der Waals surface area contributed by atoms with Crippen LogP contribution in [0.3, 0.4) is 0 Å². The van der Waals surface area contributed by atoms with Crippen molar-refractivity contribution in [3.8, 4) is 0 Å². The van der Waals surface area contributed by atoms with Gasteiger partial charge in [0.05, 0.1) is 0 Å². The fraction of sp³-hybridized carbons (Fsp3) is 0.400. The van der Waals surface area contributed by atoms with Gasteiger partial charge in [0.15, 0.2) is 0 Å². The number of aryl methyl sites for hydroxylation is 1. The molecule has 324 valence electrons. The van der Waals surface area contributed by atoms with E-state index in [1.165, 1.54) is 115 Å². The maximum atomic E-state index is 6.45. The standard InChI is InChI=1S/C60H65BN2O/c1-35-26-50-54-51(27-35)63(37-18-20-40-41(29-37)56(4,5)23-22-55(40,2)3)48-32-44-42(57(6,7)24-25-58(44,8)9)30-46(48)61(54)47-31-43-45(60(12,13)34-59(43,10)11)33-49(47)62(50)36-19-21-53-39(28-36)38-16-14-15-17-52(38)64-53/h14-21,26-33H,22-25,34H2,1-13H3. The summed E-state index contributed by atoms with van der Waals surface area (Å²) in [6, 6.07) is 38.6. The van der Waals surface area contributed by atoms with Crippen molar-refractivity contribution in [1.82, 2.24) is 0 Å². The third-order valence-electron chi connectivity index (χ3n) is 17.4. The maximum absolute atomic E-state index is 6.45. The van der Waals surface area contributed by atoms with Crippen molar-refractivity contribution < 1.29 is 4.42 Å². The second-order valence-electron chi connectivity index (χ2n) is 24.7. The molecule has 0 fully saturated rings. The lowest BCUT2D eigenvalue weighted by molar-refractivity contribution is 0.332. The van der Waals surface area contributed by atoms with Gasteiger partial charge in [0, 0.05) is 44.9 Å². The zero-order valence-electron chi connectivity index (χ0n) is 40.7. The van der Waals surface area contributed by atoms with E-state index in [2.05, 4.69) is 197 Å². The molecule has 0 spiro atoms. The van der Waals surface area contributed by atoms with Gasteiger partial charge in [-0.2, -0.15) is 0 Å². The van der Waals surface area contributed by atoms with E-state index in [4.69, 9.17) is 4.42 Å². The van der Waals surface area contributed by atoms with Crippen molar-refractivity contribution in [1.29, 1.82) is 0 Å². The summed E-state index contributed by atoms with van der Waals surface area (Å²) in [6.45, 7) is 32.0. The molecule has 5 aliphatic rings. The predicted octanol–water partition coefficient (Wildman–Crippen LogP) is 14.6. The lowest BCUT2D eigenvalue weighted by atomic mass is 9.33. The average molecular weight is 841 g/mol. The summed E-state index contributed by atoms with van der Waals surface area (Å²) in [7, 11) is 0. The molecular formula is C60H65BN2O. The summed E-state index contributed by atoms with van der Waals surface area (Å²) in [5.74, 6) is 0. The number of fused-ring (bicyclic) bond motifs is 10. The Bertz CT molecular complexity index is 3190. The van der Waals surface area contributed by atoms with E-state index in [9.17, 15) is 0 Å². The molecule has 0 saturated carbocycles. The molecule has 3 aliphatic carbocycles. The minimum Gasteiger partial charge on any atom is -0.456 e. The molecule has 3 heterocycles. The van der Waals surface area contributed by atoms with Gasteiger partial charge in [0.1, 0.15) is 11.2 Å². The number of anilines is 6. The van der Waals surface area contributed by atoms with Crippen LogP contribution in [0.25, 0.3) is 21.9 Å². The Morgan fingerprint density at radius 1 is 0.422 bits per heavy atom. The third-order valence-corrected chi connectivity index (χ3v) is 17.4. The summed E-state index contributed by atoms with van der Waals surface area (Å²) in [4.78, 5) is 5.33. The zero-order valence-corrected chi connectivity index (χ0v) is 40.7. The highest BCUT2D eigenvalue weighted by Crippen LogP contribution is 2.55. The van der Waals surface area contributed by atoms with E-state index >= 15 is 0 Å². The van der Waals surface area contributed by atoms with Crippen LogP contribution in [0.4, 0.5) is 34.1 Å². The molecular weight excluding hydrogens is 775 g/mol. The summed E-state index contributed by atoms with van der Waals surface area (Å²) in [5.41, 5.74) is 24.6. The van der Waals surface area contributed by atoms with Gasteiger partial charge >= 0.3 is 0 Å². The van der Waals surface area contributed by atoms with E-state index < -0.39 is 0 Å². The van der Waals surface area contributed by atoms with E-state index in [0.717, 1.165) is 28.4 Å². The molecule has 6 aromatic carbocycles. The Hall–Kier alpha value is -5.22. The number of para-hydroxylation sites is 1. The molecule has 0 amide bonds. The Morgan fingerprint density at radius 2 is 0.875 bits per heavy atom. The van der Waals surface area contributed by atoms with Crippen LogP contribution >= 0.6 is 0 Å². The molecule has 0 bridgehead atoms. The van der Waals surface area contributed by atoms with Gasteiger partial charge < -0.3 is 14.2 Å². The van der Waals surface area contributed by atoms with Gasteiger partial charge in [-0.15, -0.1) is 0 Å². The van der Waals surface area contributed by atoms with Gasteiger partial charge in [-0.05, 0) is 188 Å². The first-order chi connectivity index (χ1) is 30.1. The lowest BCUT2D eigenvalue weighted by Gasteiger charge is -2.48. The normalized spacial score (nSPS) is 20.9. The van der Waals surface area contributed by atoms with E-state index in [-0.39, 0.29) is 39.2 Å². The topological polar surface area (TPSA) is 19.6 Å². The fourth-order valence-corrected chi connectivity index (χ4v) is 13.8. The van der Waals surface area contributed by atoms with Crippen LogP contribution in [0.5, 0.6) is 0 Å². The smallest absolute Gasteiger partial charge is 0.252 e. The molecule has 2 aliphatic heterocycles. The number of furan rings is 1. The third kappa shape index (κ3) is 5.47. The Morgan fingerprint density at radius 3 is 1.47 bits per heavy atom. The number of benzene rings is 6. The van der Waals surface area contributed by atoms with Crippen molar-refractivity contribution in [2.24, 2.45) is 0 Å². The molecule has 0 saturated heterocycles. The predicted molar refractivity (Wildman–Crippen MR) is 274 cm³/mol. The van der Waals surface area contributed by atoms with Gasteiger partial charge in [0.2, 0.25) is 0 Å². The van der Waals surface area contributed by atoms with Crippen LogP contribution in [0, 0.1) is 6.92 Å². The number of hydrogen-bond donors (Lipinski definition) is 0.